The second kappa shape index (κ2) is 5.92. The molecule has 0 saturated carbocycles. The standard InChI is InChI=1S/C16H14N8/c1-17-11-4-2-3-10(7-11)14-19-9-20-16(21-14)22-15-12-5-6-18-8-13(12)23-24-15/h2-9,17H,1H3,(H2,19,20,21,22,23,24). The van der Waals surface area contributed by atoms with E-state index in [4.69, 9.17) is 0 Å². The summed E-state index contributed by atoms with van der Waals surface area (Å²) in [6, 6.07) is 9.74. The Labute approximate surface area is 137 Å². The third-order valence-electron chi connectivity index (χ3n) is 3.58. The van der Waals surface area contributed by atoms with E-state index in [1.165, 1.54) is 6.33 Å². The van der Waals surface area contributed by atoms with Gasteiger partial charge in [0.25, 0.3) is 0 Å². The van der Waals surface area contributed by atoms with E-state index < -0.39 is 0 Å². The molecule has 0 unspecified atom stereocenters. The third-order valence-corrected chi connectivity index (χ3v) is 3.58. The average Bonchev–Trinajstić information content (AvgIpc) is 3.05. The number of aromatic nitrogens is 6. The van der Waals surface area contributed by atoms with Gasteiger partial charge in [-0.1, -0.05) is 12.1 Å². The van der Waals surface area contributed by atoms with Gasteiger partial charge in [0, 0.05) is 29.9 Å². The van der Waals surface area contributed by atoms with Gasteiger partial charge in [-0.3, -0.25) is 10.1 Å². The number of nitrogens with zero attached hydrogens (tertiary/aromatic N) is 5. The van der Waals surface area contributed by atoms with Gasteiger partial charge in [-0.05, 0) is 18.2 Å². The zero-order valence-electron chi connectivity index (χ0n) is 12.9. The van der Waals surface area contributed by atoms with Crippen molar-refractivity contribution in [3.8, 4) is 11.4 Å². The summed E-state index contributed by atoms with van der Waals surface area (Å²) in [6.45, 7) is 0. The fourth-order valence-corrected chi connectivity index (χ4v) is 2.38. The SMILES string of the molecule is CNc1cccc(-c2ncnc(Nc3n[nH]c4cnccc34)n2)c1. The molecule has 3 aromatic heterocycles. The first kappa shape index (κ1) is 14.1. The average molecular weight is 318 g/mol. The molecule has 24 heavy (non-hydrogen) atoms. The van der Waals surface area contributed by atoms with Crippen LogP contribution in [0.5, 0.6) is 0 Å². The van der Waals surface area contributed by atoms with Gasteiger partial charge < -0.3 is 10.6 Å². The number of anilines is 3. The van der Waals surface area contributed by atoms with E-state index in [1.807, 2.05) is 37.4 Å². The molecule has 0 radical (unpaired) electrons. The molecule has 0 amide bonds. The molecule has 0 aliphatic heterocycles. The summed E-state index contributed by atoms with van der Waals surface area (Å²) in [6.07, 6.45) is 4.91. The van der Waals surface area contributed by atoms with Crippen molar-refractivity contribution in [2.45, 2.75) is 0 Å². The van der Waals surface area contributed by atoms with Crippen LogP contribution < -0.4 is 10.6 Å². The van der Waals surface area contributed by atoms with Gasteiger partial charge in [0.2, 0.25) is 5.95 Å². The highest BCUT2D eigenvalue weighted by molar-refractivity contribution is 5.90. The Morgan fingerprint density at radius 2 is 2.08 bits per heavy atom. The van der Waals surface area contributed by atoms with Crippen LogP contribution in [-0.4, -0.2) is 37.2 Å². The van der Waals surface area contributed by atoms with Crippen LogP contribution in [0, 0.1) is 0 Å². The predicted octanol–water partition coefficient (Wildman–Crippen LogP) is 2.60. The van der Waals surface area contributed by atoms with E-state index in [0.717, 1.165) is 22.2 Å². The minimum atomic E-state index is 0.431. The smallest absolute Gasteiger partial charge is 0.231 e. The van der Waals surface area contributed by atoms with Gasteiger partial charge in [-0.2, -0.15) is 10.1 Å². The summed E-state index contributed by atoms with van der Waals surface area (Å²) in [7, 11) is 1.87. The molecule has 0 bridgehead atoms. The van der Waals surface area contributed by atoms with E-state index in [2.05, 4.69) is 40.8 Å². The maximum atomic E-state index is 4.47. The van der Waals surface area contributed by atoms with Gasteiger partial charge in [0.05, 0.1) is 11.7 Å². The molecule has 0 fully saturated rings. The first-order valence-electron chi connectivity index (χ1n) is 7.36. The molecular formula is C16H14N8. The molecule has 3 heterocycles. The summed E-state index contributed by atoms with van der Waals surface area (Å²) in [5.41, 5.74) is 2.74. The summed E-state index contributed by atoms with van der Waals surface area (Å²) >= 11 is 0. The van der Waals surface area contributed by atoms with E-state index in [-0.39, 0.29) is 0 Å². The van der Waals surface area contributed by atoms with Crippen molar-refractivity contribution in [1.82, 2.24) is 30.1 Å². The van der Waals surface area contributed by atoms with Crippen molar-refractivity contribution in [2.75, 3.05) is 17.7 Å². The van der Waals surface area contributed by atoms with Crippen molar-refractivity contribution < 1.29 is 0 Å². The molecule has 3 N–H and O–H groups in total. The van der Waals surface area contributed by atoms with Crippen LogP contribution >= 0.6 is 0 Å². The topological polar surface area (TPSA) is 104 Å². The van der Waals surface area contributed by atoms with Gasteiger partial charge in [-0.15, -0.1) is 0 Å². The van der Waals surface area contributed by atoms with Gasteiger partial charge in [-0.25, -0.2) is 9.97 Å². The van der Waals surface area contributed by atoms with Crippen molar-refractivity contribution in [2.24, 2.45) is 0 Å². The third kappa shape index (κ3) is 2.60. The number of benzene rings is 1. The number of pyridine rings is 1. The minimum Gasteiger partial charge on any atom is -0.388 e. The number of rotatable bonds is 4. The summed E-state index contributed by atoms with van der Waals surface area (Å²) in [5, 5.41) is 14.3. The lowest BCUT2D eigenvalue weighted by atomic mass is 10.2. The maximum Gasteiger partial charge on any atom is 0.231 e. The predicted molar refractivity (Wildman–Crippen MR) is 92.0 cm³/mol. The van der Waals surface area contributed by atoms with Gasteiger partial charge in [0.1, 0.15) is 6.33 Å². The highest BCUT2D eigenvalue weighted by Crippen LogP contribution is 2.23. The minimum absolute atomic E-state index is 0.431. The number of H-pyrrole nitrogens is 1. The monoisotopic (exact) mass is 318 g/mol. The molecule has 0 saturated heterocycles. The Kier molecular flexibility index (Phi) is 3.47. The molecule has 4 aromatic rings. The van der Waals surface area contributed by atoms with Gasteiger partial charge in [0.15, 0.2) is 11.6 Å². The second-order valence-corrected chi connectivity index (χ2v) is 5.08. The molecule has 0 aliphatic carbocycles. The highest BCUT2D eigenvalue weighted by atomic mass is 15.2. The van der Waals surface area contributed by atoms with Crippen LogP contribution in [0.1, 0.15) is 0 Å². The molecule has 0 atom stereocenters. The number of hydrogen-bond donors (Lipinski definition) is 3. The van der Waals surface area contributed by atoms with Crippen LogP contribution in [0.25, 0.3) is 22.3 Å². The molecule has 4 rings (SSSR count). The van der Waals surface area contributed by atoms with Gasteiger partial charge >= 0.3 is 0 Å². The molecule has 1 aromatic carbocycles. The van der Waals surface area contributed by atoms with E-state index in [0.29, 0.717) is 17.6 Å². The molecule has 8 heteroatoms. The largest absolute Gasteiger partial charge is 0.388 e. The summed E-state index contributed by atoms with van der Waals surface area (Å²) < 4.78 is 0. The zero-order valence-corrected chi connectivity index (χ0v) is 12.9. The van der Waals surface area contributed by atoms with Crippen LogP contribution in [0.3, 0.4) is 0 Å². The van der Waals surface area contributed by atoms with E-state index >= 15 is 0 Å². The Bertz CT molecular complexity index is 994. The Morgan fingerprint density at radius 3 is 3.00 bits per heavy atom. The lowest BCUT2D eigenvalue weighted by molar-refractivity contribution is 1.05. The first-order valence-corrected chi connectivity index (χ1v) is 7.36. The fourth-order valence-electron chi connectivity index (χ4n) is 2.38. The molecular weight excluding hydrogens is 304 g/mol. The molecule has 118 valence electrons. The molecule has 0 aliphatic rings. The highest BCUT2D eigenvalue weighted by Gasteiger charge is 2.09. The van der Waals surface area contributed by atoms with Crippen molar-refractivity contribution in [3.63, 3.8) is 0 Å². The molecule has 8 nitrogen and oxygen atoms in total. The fraction of sp³-hybridized carbons (Fsp3) is 0.0625. The van der Waals surface area contributed by atoms with Crippen LogP contribution in [-0.2, 0) is 0 Å². The van der Waals surface area contributed by atoms with Crippen molar-refractivity contribution in [3.05, 3.63) is 49.1 Å². The Hall–Kier alpha value is -3.55. The summed E-state index contributed by atoms with van der Waals surface area (Å²) in [4.78, 5) is 16.9. The number of aromatic amines is 1. The normalized spacial score (nSPS) is 10.7. The van der Waals surface area contributed by atoms with Crippen LogP contribution in [0.15, 0.2) is 49.1 Å². The van der Waals surface area contributed by atoms with Crippen molar-refractivity contribution >= 4 is 28.4 Å². The lowest BCUT2D eigenvalue weighted by Crippen LogP contribution is -2.00. The van der Waals surface area contributed by atoms with E-state index in [1.54, 1.807) is 12.4 Å². The Balaban J connectivity index is 1.67. The second-order valence-electron chi connectivity index (χ2n) is 5.08. The zero-order chi connectivity index (χ0) is 16.4. The van der Waals surface area contributed by atoms with E-state index in [9.17, 15) is 0 Å². The molecule has 0 spiro atoms. The van der Waals surface area contributed by atoms with Crippen molar-refractivity contribution in [1.29, 1.82) is 0 Å². The number of hydrogen-bond acceptors (Lipinski definition) is 7. The summed E-state index contributed by atoms with van der Waals surface area (Å²) in [5.74, 6) is 1.67. The number of fused-ring (bicyclic) bond motifs is 1. The van der Waals surface area contributed by atoms with Crippen LogP contribution in [0.4, 0.5) is 17.5 Å². The van der Waals surface area contributed by atoms with Crippen LogP contribution in [0.2, 0.25) is 0 Å². The Morgan fingerprint density at radius 1 is 1.12 bits per heavy atom. The quantitative estimate of drug-likeness (QED) is 0.531. The first-order chi connectivity index (χ1) is 11.8. The number of nitrogens with one attached hydrogen (secondary N) is 3. The maximum absolute atomic E-state index is 4.47. The lowest BCUT2D eigenvalue weighted by Gasteiger charge is -2.06.